The minimum atomic E-state index is -0.217. The van der Waals surface area contributed by atoms with Gasteiger partial charge in [0.25, 0.3) is 0 Å². The lowest BCUT2D eigenvalue weighted by Gasteiger charge is -2.25. The van der Waals surface area contributed by atoms with Gasteiger partial charge in [-0.25, -0.2) is 4.68 Å². The Labute approximate surface area is 154 Å². The third-order valence-electron chi connectivity index (χ3n) is 4.09. The average molecular weight is 373 g/mol. The van der Waals surface area contributed by atoms with Crippen molar-refractivity contribution in [3.05, 3.63) is 76.0 Å². The number of nitrogens with zero attached hydrogens (tertiary/aromatic N) is 3. The Morgan fingerprint density at radius 1 is 1.16 bits per heavy atom. The Bertz CT molecular complexity index is 967. The fourth-order valence-electron chi connectivity index (χ4n) is 2.86. The number of allylic oxidation sites excluding steroid dienone is 1. The van der Waals surface area contributed by atoms with E-state index in [1.165, 1.54) is 6.33 Å². The monoisotopic (exact) mass is 372 g/mol. The summed E-state index contributed by atoms with van der Waals surface area (Å²) in [4.78, 5) is 4.30. The number of aromatic nitrogens is 3. The van der Waals surface area contributed by atoms with Crippen LogP contribution in [0.2, 0.25) is 10.0 Å². The zero-order chi connectivity index (χ0) is 17.4. The van der Waals surface area contributed by atoms with Crippen molar-refractivity contribution in [3.8, 4) is 5.75 Å². The van der Waals surface area contributed by atoms with Gasteiger partial charge in [-0.3, -0.25) is 0 Å². The van der Waals surface area contributed by atoms with Crippen LogP contribution in [-0.2, 0) is 0 Å². The highest BCUT2D eigenvalue weighted by atomic mass is 35.5. The van der Waals surface area contributed by atoms with Crippen molar-refractivity contribution >= 4 is 34.8 Å². The van der Waals surface area contributed by atoms with Gasteiger partial charge in [-0.05, 0) is 24.3 Å². The molecule has 7 heteroatoms. The van der Waals surface area contributed by atoms with Crippen molar-refractivity contribution in [2.24, 2.45) is 0 Å². The lowest BCUT2D eigenvalue weighted by atomic mass is 10.0. The summed E-state index contributed by atoms with van der Waals surface area (Å²) in [7, 11) is 1.65. The highest BCUT2D eigenvalue weighted by Crippen LogP contribution is 2.37. The Hall–Kier alpha value is -2.50. The van der Waals surface area contributed by atoms with Crippen LogP contribution in [0.4, 0.5) is 5.95 Å². The highest BCUT2D eigenvalue weighted by molar-refractivity contribution is 6.42. The maximum absolute atomic E-state index is 6.44. The first kappa shape index (κ1) is 16.0. The SMILES string of the molecule is COc1cccc(C2=CC(c3cccc(Cl)c3Cl)n3ncnc3N2)c1. The molecule has 0 saturated heterocycles. The van der Waals surface area contributed by atoms with Gasteiger partial charge in [-0.15, -0.1) is 0 Å². The molecule has 0 radical (unpaired) electrons. The van der Waals surface area contributed by atoms with Crippen molar-refractivity contribution in [2.45, 2.75) is 6.04 Å². The molecule has 1 N–H and O–H groups in total. The van der Waals surface area contributed by atoms with Crippen molar-refractivity contribution < 1.29 is 4.74 Å². The van der Waals surface area contributed by atoms with E-state index in [1.807, 2.05) is 42.5 Å². The van der Waals surface area contributed by atoms with Gasteiger partial charge < -0.3 is 10.1 Å². The number of ether oxygens (including phenoxy) is 1. The molecule has 4 rings (SSSR count). The normalized spacial score (nSPS) is 16.0. The maximum atomic E-state index is 6.44. The van der Waals surface area contributed by atoms with Crippen LogP contribution in [0, 0.1) is 0 Å². The summed E-state index contributed by atoms with van der Waals surface area (Å²) in [6, 6.07) is 13.2. The van der Waals surface area contributed by atoms with E-state index in [0.29, 0.717) is 16.0 Å². The average Bonchev–Trinajstić information content (AvgIpc) is 3.12. The zero-order valence-electron chi connectivity index (χ0n) is 13.3. The molecule has 0 bridgehead atoms. The summed E-state index contributed by atoms with van der Waals surface area (Å²) in [5.41, 5.74) is 2.75. The molecule has 126 valence electrons. The third kappa shape index (κ3) is 2.86. The molecule has 2 aromatic carbocycles. The lowest BCUT2D eigenvalue weighted by molar-refractivity contribution is 0.414. The minimum absolute atomic E-state index is 0.217. The van der Waals surface area contributed by atoms with Crippen molar-refractivity contribution in [3.63, 3.8) is 0 Å². The van der Waals surface area contributed by atoms with Crippen LogP contribution in [0.3, 0.4) is 0 Å². The fourth-order valence-corrected chi connectivity index (χ4v) is 3.28. The molecule has 1 unspecified atom stereocenters. The molecule has 0 aliphatic carbocycles. The van der Waals surface area contributed by atoms with E-state index in [1.54, 1.807) is 17.9 Å². The second-order valence-corrected chi connectivity index (χ2v) is 6.34. The molecule has 0 saturated carbocycles. The van der Waals surface area contributed by atoms with Crippen LogP contribution in [0.25, 0.3) is 5.70 Å². The van der Waals surface area contributed by atoms with Crippen LogP contribution in [0.15, 0.2) is 54.9 Å². The van der Waals surface area contributed by atoms with E-state index in [9.17, 15) is 0 Å². The minimum Gasteiger partial charge on any atom is -0.497 e. The van der Waals surface area contributed by atoms with Crippen LogP contribution < -0.4 is 10.1 Å². The number of anilines is 1. The smallest absolute Gasteiger partial charge is 0.226 e. The molecule has 1 atom stereocenters. The Morgan fingerprint density at radius 3 is 2.84 bits per heavy atom. The quantitative estimate of drug-likeness (QED) is 0.726. The van der Waals surface area contributed by atoms with E-state index >= 15 is 0 Å². The second kappa shape index (κ2) is 6.43. The molecule has 3 aromatic rings. The molecule has 1 aliphatic rings. The Balaban J connectivity index is 1.85. The number of rotatable bonds is 3. The van der Waals surface area contributed by atoms with E-state index in [2.05, 4.69) is 15.4 Å². The predicted octanol–water partition coefficient (Wildman–Crippen LogP) is 4.65. The highest BCUT2D eigenvalue weighted by Gasteiger charge is 2.25. The van der Waals surface area contributed by atoms with E-state index in [0.717, 1.165) is 22.6 Å². The topological polar surface area (TPSA) is 52.0 Å². The van der Waals surface area contributed by atoms with E-state index < -0.39 is 0 Å². The van der Waals surface area contributed by atoms with Gasteiger partial charge in [0.15, 0.2) is 0 Å². The zero-order valence-corrected chi connectivity index (χ0v) is 14.8. The number of fused-ring (bicyclic) bond motifs is 1. The number of hydrogen-bond donors (Lipinski definition) is 1. The number of nitrogens with one attached hydrogen (secondary N) is 1. The summed E-state index contributed by atoms with van der Waals surface area (Å²) in [6.07, 6.45) is 3.56. The van der Waals surface area contributed by atoms with E-state index in [-0.39, 0.29) is 6.04 Å². The van der Waals surface area contributed by atoms with Gasteiger partial charge in [-0.1, -0.05) is 47.5 Å². The second-order valence-electron chi connectivity index (χ2n) is 5.55. The largest absolute Gasteiger partial charge is 0.497 e. The number of benzene rings is 2. The fraction of sp³-hybridized carbons (Fsp3) is 0.111. The first-order chi connectivity index (χ1) is 12.2. The molecule has 0 spiro atoms. The Kier molecular flexibility index (Phi) is 4.11. The van der Waals surface area contributed by atoms with Crippen molar-refractivity contribution in [2.75, 3.05) is 12.4 Å². The summed E-state index contributed by atoms with van der Waals surface area (Å²) < 4.78 is 7.10. The van der Waals surface area contributed by atoms with Gasteiger partial charge in [0, 0.05) is 16.8 Å². The lowest BCUT2D eigenvalue weighted by Crippen LogP contribution is -2.20. The first-order valence-electron chi connectivity index (χ1n) is 7.64. The summed E-state index contributed by atoms with van der Waals surface area (Å²) in [5, 5.41) is 8.64. The molecule has 1 aliphatic heterocycles. The number of hydrogen-bond acceptors (Lipinski definition) is 4. The van der Waals surface area contributed by atoms with E-state index in [4.69, 9.17) is 27.9 Å². The predicted molar refractivity (Wildman–Crippen MR) is 99.2 cm³/mol. The van der Waals surface area contributed by atoms with Crippen LogP contribution in [0.5, 0.6) is 5.75 Å². The first-order valence-corrected chi connectivity index (χ1v) is 8.39. The Morgan fingerprint density at radius 2 is 2.00 bits per heavy atom. The molecule has 0 amide bonds. The molecule has 1 aromatic heterocycles. The maximum Gasteiger partial charge on any atom is 0.226 e. The molecular formula is C18H14Cl2N4O. The van der Waals surface area contributed by atoms with Crippen molar-refractivity contribution in [1.82, 2.24) is 14.8 Å². The standard InChI is InChI=1S/C18H14Cl2N4O/c1-25-12-5-2-4-11(8-12)15-9-16(24-18(23-15)21-10-22-24)13-6-3-7-14(19)17(13)20/h2-10,16H,1H3,(H,21,22,23). The summed E-state index contributed by atoms with van der Waals surface area (Å²) >= 11 is 12.6. The number of methoxy groups -OCH3 is 1. The van der Waals surface area contributed by atoms with Crippen molar-refractivity contribution in [1.29, 1.82) is 0 Å². The number of halogens is 2. The molecule has 2 heterocycles. The van der Waals surface area contributed by atoms with Gasteiger partial charge in [0.2, 0.25) is 5.95 Å². The summed E-state index contributed by atoms with van der Waals surface area (Å²) in [6.45, 7) is 0. The molecular weight excluding hydrogens is 359 g/mol. The molecule has 5 nitrogen and oxygen atoms in total. The van der Waals surface area contributed by atoms with Gasteiger partial charge in [0.05, 0.1) is 17.2 Å². The van der Waals surface area contributed by atoms with Crippen LogP contribution in [0.1, 0.15) is 17.2 Å². The van der Waals surface area contributed by atoms with Gasteiger partial charge in [0.1, 0.15) is 18.1 Å². The summed E-state index contributed by atoms with van der Waals surface area (Å²) in [5.74, 6) is 1.42. The molecule has 0 fully saturated rings. The third-order valence-corrected chi connectivity index (χ3v) is 4.92. The van der Waals surface area contributed by atoms with Crippen LogP contribution >= 0.6 is 23.2 Å². The van der Waals surface area contributed by atoms with Gasteiger partial charge >= 0.3 is 0 Å². The molecule has 25 heavy (non-hydrogen) atoms. The van der Waals surface area contributed by atoms with Gasteiger partial charge in [-0.2, -0.15) is 10.1 Å². The van der Waals surface area contributed by atoms with Crippen LogP contribution in [-0.4, -0.2) is 21.9 Å².